The zero-order valence-corrected chi connectivity index (χ0v) is 13.4. The largest absolute Gasteiger partial charge is 0.497 e. The van der Waals surface area contributed by atoms with E-state index in [9.17, 15) is 9.59 Å². The molecule has 2 saturated heterocycles. The van der Waals surface area contributed by atoms with E-state index in [-0.39, 0.29) is 17.7 Å². The van der Waals surface area contributed by atoms with E-state index in [0.29, 0.717) is 11.6 Å². The number of nitrogens with zero attached hydrogens (tertiary/aromatic N) is 2. The first-order valence-corrected chi connectivity index (χ1v) is 8.05. The second-order valence-electron chi connectivity index (χ2n) is 6.31. The fourth-order valence-corrected chi connectivity index (χ4v) is 3.32. The smallest absolute Gasteiger partial charge is 0.253 e. The maximum atomic E-state index is 12.4. The number of hydrogen-bond donors (Lipinski definition) is 1. The van der Waals surface area contributed by atoms with Crippen LogP contribution >= 0.6 is 0 Å². The predicted molar refractivity (Wildman–Crippen MR) is 86.2 cm³/mol. The summed E-state index contributed by atoms with van der Waals surface area (Å²) in [6.45, 7) is 3.30. The van der Waals surface area contributed by atoms with E-state index < -0.39 is 0 Å². The molecule has 0 aromatic heterocycles. The molecular formula is C17H23N3O3. The molecule has 2 aliphatic heterocycles. The second-order valence-corrected chi connectivity index (χ2v) is 6.31. The maximum Gasteiger partial charge on any atom is 0.253 e. The third-order valence-corrected chi connectivity index (χ3v) is 4.93. The van der Waals surface area contributed by atoms with E-state index in [0.717, 1.165) is 44.8 Å². The summed E-state index contributed by atoms with van der Waals surface area (Å²) in [5, 5.41) is 0. The van der Waals surface area contributed by atoms with Crippen LogP contribution in [0.25, 0.3) is 0 Å². The van der Waals surface area contributed by atoms with Crippen molar-refractivity contribution in [2.24, 2.45) is 11.7 Å². The van der Waals surface area contributed by atoms with E-state index in [4.69, 9.17) is 10.5 Å². The average Bonchev–Trinajstić information content (AvgIpc) is 2.54. The Balaban J connectivity index is 1.49. The molecule has 2 aliphatic rings. The van der Waals surface area contributed by atoms with Crippen molar-refractivity contribution in [2.45, 2.75) is 18.9 Å². The van der Waals surface area contributed by atoms with Crippen LogP contribution in [0.2, 0.25) is 0 Å². The zero-order chi connectivity index (χ0) is 16.4. The van der Waals surface area contributed by atoms with E-state index in [1.807, 2.05) is 4.90 Å². The molecule has 2 amide bonds. The molecule has 0 saturated carbocycles. The number of benzene rings is 1. The minimum absolute atomic E-state index is 0.0170. The zero-order valence-electron chi connectivity index (χ0n) is 13.4. The molecule has 0 unspecified atom stereocenters. The van der Waals surface area contributed by atoms with Gasteiger partial charge in [0.25, 0.3) is 5.91 Å². The first-order valence-electron chi connectivity index (χ1n) is 8.05. The normalized spacial score (nSPS) is 20.1. The van der Waals surface area contributed by atoms with E-state index >= 15 is 0 Å². The van der Waals surface area contributed by atoms with Crippen LogP contribution in [0, 0.1) is 5.92 Å². The van der Waals surface area contributed by atoms with Gasteiger partial charge in [0.15, 0.2) is 0 Å². The number of amides is 2. The number of ether oxygens (including phenoxy) is 1. The van der Waals surface area contributed by atoms with Crippen LogP contribution in [0.15, 0.2) is 24.3 Å². The number of methoxy groups -OCH3 is 1. The first-order chi connectivity index (χ1) is 11.1. The molecule has 0 spiro atoms. The minimum atomic E-state index is -0.186. The van der Waals surface area contributed by atoms with Crippen molar-refractivity contribution < 1.29 is 14.3 Å². The molecule has 0 atom stereocenters. The fraction of sp³-hybridized carbons (Fsp3) is 0.529. The van der Waals surface area contributed by atoms with Gasteiger partial charge >= 0.3 is 0 Å². The van der Waals surface area contributed by atoms with Gasteiger partial charge in [-0.3, -0.25) is 14.5 Å². The molecule has 0 radical (unpaired) electrons. The molecule has 23 heavy (non-hydrogen) atoms. The molecule has 3 rings (SSSR count). The molecule has 2 N–H and O–H groups in total. The van der Waals surface area contributed by atoms with Crippen molar-refractivity contribution in [3.05, 3.63) is 29.8 Å². The maximum absolute atomic E-state index is 12.4. The van der Waals surface area contributed by atoms with Crippen LogP contribution < -0.4 is 10.5 Å². The lowest BCUT2D eigenvalue weighted by molar-refractivity contribution is -0.123. The molecule has 124 valence electrons. The van der Waals surface area contributed by atoms with Crippen LogP contribution in [-0.2, 0) is 4.79 Å². The van der Waals surface area contributed by atoms with Gasteiger partial charge in [-0.1, -0.05) is 0 Å². The van der Waals surface area contributed by atoms with Crippen molar-refractivity contribution in [3.8, 4) is 5.75 Å². The Morgan fingerprint density at radius 1 is 1.13 bits per heavy atom. The van der Waals surface area contributed by atoms with Crippen molar-refractivity contribution in [2.75, 3.05) is 33.3 Å². The molecule has 0 aliphatic carbocycles. The minimum Gasteiger partial charge on any atom is -0.497 e. The molecule has 1 aromatic carbocycles. The number of hydrogen-bond acceptors (Lipinski definition) is 4. The highest BCUT2D eigenvalue weighted by Gasteiger charge is 2.37. The molecule has 2 fully saturated rings. The lowest BCUT2D eigenvalue weighted by Crippen LogP contribution is -2.62. The lowest BCUT2D eigenvalue weighted by atomic mass is 9.93. The summed E-state index contributed by atoms with van der Waals surface area (Å²) in [5.74, 6) is 0.647. The summed E-state index contributed by atoms with van der Waals surface area (Å²) in [4.78, 5) is 27.8. The van der Waals surface area contributed by atoms with Crippen LogP contribution in [-0.4, -0.2) is 60.9 Å². The predicted octanol–water partition coefficient (Wildman–Crippen LogP) is 0.717. The van der Waals surface area contributed by atoms with Crippen molar-refractivity contribution in [1.29, 1.82) is 0 Å². The monoisotopic (exact) mass is 317 g/mol. The van der Waals surface area contributed by atoms with Crippen LogP contribution in [0.1, 0.15) is 23.2 Å². The Morgan fingerprint density at radius 2 is 1.74 bits per heavy atom. The highest BCUT2D eigenvalue weighted by molar-refractivity contribution is 5.95. The van der Waals surface area contributed by atoms with Gasteiger partial charge in [0.05, 0.1) is 7.11 Å². The summed E-state index contributed by atoms with van der Waals surface area (Å²) in [5.41, 5.74) is 6.05. The Labute approximate surface area is 136 Å². The Bertz CT molecular complexity index is 573. The Hall–Kier alpha value is -2.08. The van der Waals surface area contributed by atoms with Crippen molar-refractivity contribution >= 4 is 11.8 Å². The number of primary amides is 1. The van der Waals surface area contributed by atoms with E-state index in [1.165, 1.54) is 0 Å². The number of likely N-dealkylation sites (tertiary alicyclic amines) is 2. The SMILES string of the molecule is COc1ccc(C(=O)N2CC(N3CCC(C(N)=O)CC3)C2)cc1. The Morgan fingerprint density at radius 3 is 2.26 bits per heavy atom. The van der Waals surface area contributed by atoms with Gasteiger partial charge in [-0.25, -0.2) is 0 Å². The van der Waals surface area contributed by atoms with Gasteiger partial charge in [0, 0.05) is 30.6 Å². The van der Waals surface area contributed by atoms with E-state index in [1.54, 1.807) is 31.4 Å². The lowest BCUT2D eigenvalue weighted by Gasteiger charge is -2.47. The number of piperidine rings is 1. The summed E-state index contributed by atoms with van der Waals surface area (Å²) in [6, 6.07) is 7.61. The average molecular weight is 317 g/mol. The summed E-state index contributed by atoms with van der Waals surface area (Å²) in [6.07, 6.45) is 1.66. The van der Waals surface area contributed by atoms with Gasteiger partial charge in [-0.05, 0) is 50.2 Å². The van der Waals surface area contributed by atoms with E-state index in [2.05, 4.69) is 4.90 Å². The summed E-state index contributed by atoms with van der Waals surface area (Å²) >= 11 is 0. The van der Waals surface area contributed by atoms with Crippen LogP contribution in [0.3, 0.4) is 0 Å². The Kier molecular flexibility index (Phi) is 4.52. The molecule has 6 heteroatoms. The third kappa shape index (κ3) is 3.32. The molecule has 6 nitrogen and oxygen atoms in total. The number of nitrogens with two attached hydrogens (primary N) is 1. The van der Waals surface area contributed by atoms with Crippen molar-refractivity contribution in [3.63, 3.8) is 0 Å². The highest BCUT2D eigenvalue weighted by atomic mass is 16.5. The molecular weight excluding hydrogens is 294 g/mol. The summed E-state index contributed by atoms with van der Waals surface area (Å²) < 4.78 is 5.11. The molecule has 2 heterocycles. The van der Waals surface area contributed by atoms with Crippen LogP contribution in [0.5, 0.6) is 5.75 Å². The third-order valence-electron chi connectivity index (χ3n) is 4.93. The van der Waals surface area contributed by atoms with Crippen LogP contribution in [0.4, 0.5) is 0 Å². The van der Waals surface area contributed by atoms with Crippen molar-refractivity contribution in [1.82, 2.24) is 9.80 Å². The fourth-order valence-electron chi connectivity index (χ4n) is 3.32. The number of rotatable bonds is 4. The van der Waals surface area contributed by atoms with Gasteiger partial charge in [0.1, 0.15) is 5.75 Å². The highest BCUT2D eigenvalue weighted by Crippen LogP contribution is 2.24. The van der Waals surface area contributed by atoms with Gasteiger partial charge in [0.2, 0.25) is 5.91 Å². The second kappa shape index (κ2) is 6.58. The number of carbonyl (C=O) groups excluding carboxylic acids is 2. The number of carbonyl (C=O) groups is 2. The topological polar surface area (TPSA) is 75.9 Å². The van der Waals surface area contributed by atoms with Gasteiger partial charge < -0.3 is 15.4 Å². The quantitative estimate of drug-likeness (QED) is 0.888. The molecule has 1 aromatic rings. The summed E-state index contributed by atoms with van der Waals surface area (Å²) in [7, 11) is 1.61. The van der Waals surface area contributed by atoms with Gasteiger partial charge in [-0.15, -0.1) is 0 Å². The standard InChI is InChI=1S/C17H23N3O3/c1-23-15-4-2-13(3-5-15)17(22)20-10-14(11-20)19-8-6-12(7-9-19)16(18)21/h2-5,12,14H,6-11H2,1H3,(H2,18,21). The van der Waals surface area contributed by atoms with Gasteiger partial charge in [-0.2, -0.15) is 0 Å². The molecule has 0 bridgehead atoms. The first kappa shape index (κ1) is 15.8.